The number of amides is 1. The standard InChI is InChI=1S/C32H32FNO3.C30H28FNO2.C17H22FNO5.C15H20FNO4.C10H10BrFO2.C5H11NO2/c1-22(2)31-30(27(35)21-23-9-5-3-6-10-23)29(24-11-7-4-8-12-24)32(25-13-15-26(33)16-14-25)34(31)18-17-28-36-19-20-37-28;1-21(2)29-28(26(34)20-22-10-5-3-6-11-22)27(23-12-7-4-8-13-23)30(32(29)18-9-19-33)24-14-16-25(31)17-15-24;1-11(2)16(20)19(8-7-14-23-9-10-24-14)15(17(21)22)12-3-5-13(18)6-4-12;1-2-19-15(18)14(11-3-5-12(16)6-4-11)17-8-7-13-20-9-10-21-13;1-2-14-10(13)9(11)7-3-5-8(12)6-4-7;6-2-1-5-7-3-4-8-5/h3-16,22,28H,17-21H2,1-2H3;3-8,10-17,19,21H,9,18,20H2,1-2H3;3-6,11,14-15H,7-10H2,1-2H3,(H,21,22);3-6,13-14,17H,2,7-10H2,1H3;3-6,9H,2H2,1H3;5H,1-4,6H2. The summed E-state index contributed by atoms with van der Waals surface area (Å²) in [6, 6.07) is 67.2. The van der Waals surface area contributed by atoms with Crippen molar-refractivity contribution >= 4 is 57.6 Å². The van der Waals surface area contributed by atoms with Gasteiger partial charge in [0, 0.05) is 111 Å². The average Bonchev–Trinajstić information content (AvgIpc) is 1.59. The van der Waals surface area contributed by atoms with Crippen LogP contribution in [0.2, 0.25) is 0 Å². The zero-order chi connectivity index (χ0) is 99.0. The second-order valence-electron chi connectivity index (χ2n) is 33.4. The third-order valence-corrected chi connectivity index (χ3v) is 23.4. The summed E-state index contributed by atoms with van der Waals surface area (Å²) in [5.41, 5.74) is 19.2. The maximum atomic E-state index is 14.1. The maximum absolute atomic E-state index is 14.1. The zero-order valence-corrected chi connectivity index (χ0v) is 80.7. The van der Waals surface area contributed by atoms with Gasteiger partial charge in [-0.1, -0.05) is 215 Å². The lowest BCUT2D eigenvalue weighted by Gasteiger charge is -2.31. The van der Waals surface area contributed by atoms with E-state index >= 15 is 0 Å². The molecule has 6 heterocycles. The molecule has 138 heavy (non-hydrogen) atoms. The molecule has 9 aromatic carbocycles. The Labute approximate surface area is 811 Å². The summed E-state index contributed by atoms with van der Waals surface area (Å²) < 4.78 is 124. The fraction of sp³-hybridized carbons (Fsp3) is 0.367. The zero-order valence-electron chi connectivity index (χ0n) is 79.1. The van der Waals surface area contributed by atoms with Crippen molar-refractivity contribution in [1.29, 1.82) is 0 Å². The molecule has 4 fully saturated rings. The number of nitrogens with zero attached hydrogens (tertiary/aromatic N) is 3. The monoisotopic (exact) mass is 1960 g/mol. The van der Waals surface area contributed by atoms with Gasteiger partial charge in [0.15, 0.2) is 42.8 Å². The summed E-state index contributed by atoms with van der Waals surface area (Å²) in [7, 11) is 0. The second-order valence-corrected chi connectivity index (χ2v) is 34.3. The first kappa shape index (κ1) is 108. The second kappa shape index (κ2) is 56.3. The average molecular weight is 1970 g/mol. The number of ketones is 2. The minimum Gasteiger partial charge on any atom is -0.479 e. The maximum Gasteiger partial charge on any atom is 0.331 e. The normalized spacial score (nSPS) is 14.4. The minimum absolute atomic E-state index is 0.0139. The Morgan fingerprint density at radius 3 is 1.17 bits per heavy atom. The number of aliphatic carboxylic acids is 1. The van der Waals surface area contributed by atoms with Gasteiger partial charge in [0.05, 0.1) is 77.5 Å². The number of aromatic nitrogens is 2. The highest BCUT2D eigenvalue weighted by Crippen LogP contribution is 2.46. The number of alkyl halides is 1. The highest BCUT2D eigenvalue weighted by atomic mass is 79.9. The molecule has 3 atom stereocenters. The molecule has 4 aliphatic heterocycles. The lowest BCUT2D eigenvalue weighted by molar-refractivity contribution is -0.153. The van der Waals surface area contributed by atoms with Crippen molar-refractivity contribution in [2.75, 3.05) is 85.7 Å². The Kier molecular flexibility index (Phi) is 44.1. The summed E-state index contributed by atoms with van der Waals surface area (Å²) in [5.74, 6) is -4.06. The number of rotatable bonds is 37. The molecule has 0 radical (unpaired) electrons. The van der Waals surface area contributed by atoms with Crippen molar-refractivity contribution in [2.24, 2.45) is 11.7 Å². The highest BCUT2D eigenvalue weighted by molar-refractivity contribution is 9.09. The number of carbonyl (C=O) groups excluding carboxylic acids is 6. The number of esters is 2. The van der Waals surface area contributed by atoms with Crippen LogP contribution in [-0.2, 0) is 97.3 Å². The Hall–Kier alpha value is -11.8. The number of ether oxygens (including phenoxy) is 10. The van der Waals surface area contributed by atoms with Crippen LogP contribution in [0, 0.1) is 35.0 Å². The number of nitrogens with one attached hydrogen (secondary N) is 1. The summed E-state index contributed by atoms with van der Waals surface area (Å²) in [6.07, 6.45) is 3.35. The van der Waals surface area contributed by atoms with Crippen LogP contribution in [0.25, 0.3) is 44.8 Å². The van der Waals surface area contributed by atoms with Gasteiger partial charge >= 0.3 is 17.9 Å². The number of Topliss-reactive ketones (excluding diaryl/α,β-unsaturated/α-hetero) is 2. The van der Waals surface area contributed by atoms with Crippen molar-refractivity contribution < 1.29 is 108 Å². The summed E-state index contributed by atoms with van der Waals surface area (Å²) in [6.45, 7) is 23.1. The Bertz CT molecular complexity index is 5590. The molecule has 0 bridgehead atoms. The quantitative estimate of drug-likeness (QED) is 0.0107. The molecule has 2 aromatic heterocycles. The van der Waals surface area contributed by atoms with Gasteiger partial charge in [-0.3, -0.25) is 19.2 Å². The van der Waals surface area contributed by atoms with E-state index in [9.17, 15) is 60.6 Å². The third kappa shape index (κ3) is 31.9. The van der Waals surface area contributed by atoms with Crippen LogP contribution in [0.3, 0.4) is 0 Å². The summed E-state index contributed by atoms with van der Waals surface area (Å²) in [5, 5.41) is 12.7. The van der Waals surface area contributed by atoms with Crippen molar-refractivity contribution in [1.82, 2.24) is 19.4 Å². The highest BCUT2D eigenvalue weighted by Gasteiger charge is 2.37. The Morgan fingerprint density at radius 2 is 0.797 bits per heavy atom. The van der Waals surface area contributed by atoms with Gasteiger partial charge in [-0.2, -0.15) is 0 Å². The van der Waals surface area contributed by atoms with E-state index in [1.165, 1.54) is 77.7 Å². The van der Waals surface area contributed by atoms with Gasteiger partial charge in [0.25, 0.3) is 0 Å². The number of carbonyl (C=O) groups is 7. The molecule has 11 aromatic rings. The van der Waals surface area contributed by atoms with E-state index in [2.05, 4.69) is 58.1 Å². The number of hydrogen-bond donors (Lipinski definition) is 3. The Morgan fingerprint density at radius 1 is 0.449 bits per heavy atom. The predicted octanol–water partition coefficient (Wildman–Crippen LogP) is 20.9. The van der Waals surface area contributed by atoms with Gasteiger partial charge in [0.2, 0.25) is 5.91 Å². The third-order valence-electron chi connectivity index (χ3n) is 22.5. The van der Waals surface area contributed by atoms with Gasteiger partial charge in [0.1, 0.15) is 46.2 Å². The molecule has 4 aliphatic rings. The number of carboxylic acid groups (broad SMARTS) is 1. The number of nitrogens with two attached hydrogens (primary N) is 1. The van der Waals surface area contributed by atoms with Crippen LogP contribution in [0.4, 0.5) is 22.0 Å². The molecule has 0 spiro atoms. The van der Waals surface area contributed by atoms with E-state index in [0.717, 1.165) is 98.8 Å². The van der Waals surface area contributed by atoms with Gasteiger partial charge in [-0.25, -0.2) is 31.5 Å². The molecule has 734 valence electrons. The predicted molar refractivity (Wildman–Crippen MR) is 520 cm³/mol. The molecule has 1 amide bonds. The molecule has 0 saturated carbocycles. The first-order chi connectivity index (χ1) is 66.7. The molecule has 4 N–H and O–H groups in total. The van der Waals surface area contributed by atoms with Crippen LogP contribution in [0.5, 0.6) is 0 Å². The summed E-state index contributed by atoms with van der Waals surface area (Å²) >= 11 is 3.18. The first-order valence-corrected chi connectivity index (χ1v) is 47.5. The molecule has 15 rings (SSSR count). The lowest BCUT2D eigenvalue weighted by Crippen LogP contribution is -2.42. The van der Waals surface area contributed by atoms with E-state index in [-0.39, 0.29) is 102 Å². The van der Waals surface area contributed by atoms with Crippen molar-refractivity contribution in [2.45, 2.75) is 167 Å². The van der Waals surface area contributed by atoms with E-state index in [1.807, 2.05) is 121 Å². The van der Waals surface area contributed by atoms with Crippen LogP contribution >= 0.6 is 15.9 Å². The fourth-order valence-electron chi connectivity index (χ4n) is 16.3. The number of hydrogen-bond acceptors (Lipinski definition) is 19. The Balaban J connectivity index is 0.000000180. The lowest BCUT2D eigenvalue weighted by atomic mass is 9.90. The molecule has 4 saturated heterocycles. The largest absolute Gasteiger partial charge is 0.479 e. The smallest absolute Gasteiger partial charge is 0.331 e. The van der Waals surface area contributed by atoms with Crippen molar-refractivity contribution in [3.05, 3.63) is 322 Å². The number of benzene rings is 9. The number of carboxylic acids is 1. The van der Waals surface area contributed by atoms with E-state index in [4.69, 9.17) is 53.1 Å². The number of halogens is 6. The SMILES string of the molecule is CC(C)C(=O)N(CCC1OCCO1)C(C(=O)O)c1ccc(F)cc1.CC(C)c1c(C(=O)Cc2ccccc2)c(-c2ccccc2)c(-c2ccc(F)cc2)n1CCC1OCCO1.CC(C)c1c(C(=O)Cc2ccccc2)c(-c2ccccc2)c(-c2ccc(F)cc2)n1CCC=O.CCOC(=O)C(Br)c1ccc(F)cc1.CCOC(=O)C(NCCC1OCCO1)c1ccc(F)cc1.NCCC1OCCO1. The van der Waals surface area contributed by atoms with Gasteiger partial charge in [-0.15, -0.1) is 0 Å². The molecule has 23 nitrogen and oxygen atoms in total. The molecule has 3 unspecified atom stereocenters. The molecule has 29 heteroatoms. The van der Waals surface area contributed by atoms with Crippen LogP contribution in [0.1, 0.15) is 176 Å². The van der Waals surface area contributed by atoms with Crippen LogP contribution < -0.4 is 11.1 Å². The van der Waals surface area contributed by atoms with E-state index < -0.39 is 35.0 Å². The molecular formula is C109H123BrF5N5O18. The minimum atomic E-state index is -1.18. The first-order valence-electron chi connectivity index (χ1n) is 46.6. The van der Waals surface area contributed by atoms with E-state index in [1.54, 1.807) is 76.2 Å². The fourth-order valence-corrected chi connectivity index (χ4v) is 16.7. The molecule has 0 aliphatic carbocycles. The van der Waals surface area contributed by atoms with Crippen LogP contribution in [0.15, 0.2) is 243 Å². The topological polar surface area (TPSA) is 283 Å². The van der Waals surface area contributed by atoms with Crippen molar-refractivity contribution in [3.8, 4) is 44.8 Å². The molecular weight excluding hydrogens is 1840 g/mol. The summed E-state index contributed by atoms with van der Waals surface area (Å²) in [4.78, 5) is 87.8. The van der Waals surface area contributed by atoms with Gasteiger partial charge in [-0.05, 0) is 167 Å². The van der Waals surface area contributed by atoms with E-state index in [0.29, 0.717) is 133 Å². The number of aldehydes is 1. The van der Waals surface area contributed by atoms with Crippen LogP contribution in [-0.4, -0.2) is 172 Å². The van der Waals surface area contributed by atoms with Crippen molar-refractivity contribution in [3.63, 3.8) is 0 Å². The van der Waals surface area contributed by atoms with Gasteiger partial charge < -0.3 is 82.4 Å².